The molecule has 41 heavy (non-hydrogen) atoms. The molecule has 0 bridgehead atoms. The molecule has 10 nitrogen and oxygen atoms in total. The van der Waals surface area contributed by atoms with Gasteiger partial charge >= 0.3 is 133 Å². The van der Waals surface area contributed by atoms with Gasteiger partial charge in [0.25, 0.3) is 0 Å². The van der Waals surface area contributed by atoms with Gasteiger partial charge in [-0.25, -0.2) is 9.59 Å². The molecule has 0 spiro atoms. The zero-order valence-electron chi connectivity index (χ0n) is 25.4. The molecule has 0 saturated heterocycles. The zero-order valence-corrected chi connectivity index (χ0v) is 28.3. The minimum atomic E-state index is -1.47. The van der Waals surface area contributed by atoms with Crippen LogP contribution in [0.4, 0.5) is 0 Å². The number of aliphatic carboxylic acids is 2. The Hall–Kier alpha value is -1.92. The molecule has 0 rings (SSSR count). The second-order valence-electron chi connectivity index (χ2n) is 9.55. The summed E-state index contributed by atoms with van der Waals surface area (Å²) in [6.45, 7) is 7.17. The molecule has 2 atom stereocenters. The fourth-order valence-electron chi connectivity index (χ4n) is 2.96. The van der Waals surface area contributed by atoms with Gasteiger partial charge in [-0.1, -0.05) is 0 Å². The number of carboxylic acids is 2. The third-order valence-electron chi connectivity index (χ3n) is 5.06. The van der Waals surface area contributed by atoms with Gasteiger partial charge in [-0.2, -0.15) is 0 Å². The molecular weight excluding hydrogens is 639 g/mol. The number of rotatable bonds is 22. The van der Waals surface area contributed by atoms with Crippen LogP contribution in [0.1, 0.15) is 105 Å². The predicted octanol–water partition coefficient (Wildman–Crippen LogP) is 2.68. The molecule has 0 aromatic carbocycles. The first-order chi connectivity index (χ1) is 19.5. The monoisotopic (exact) mass is 692 g/mol. The van der Waals surface area contributed by atoms with Crippen LogP contribution in [0.25, 0.3) is 0 Å². The number of carbonyl (C=O) groups excluding carboxylic acids is 4. The summed E-state index contributed by atoms with van der Waals surface area (Å²) in [5.41, 5.74) is 0. The van der Waals surface area contributed by atoms with Gasteiger partial charge in [0.05, 0.1) is 24.1 Å². The summed E-state index contributed by atoms with van der Waals surface area (Å²) in [4.78, 5) is 40.7. The second kappa shape index (κ2) is 34.3. The normalized spacial score (nSPS) is 11.9. The van der Waals surface area contributed by atoms with E-state index in [0.29, 0.717) is 12.2 Å². The molecule has 0 aromatic rings. The van der Waals surface area contributed by atoms with Gasteiger partial charge in [0.1, 0.15) is 13.2 Å². The van der Waals surface area contributed by atoms with Crippen LogP contribution in [0.5, 0.6) is 0 Å². The molecule has 0 heterocycles. The van der Waals surface area contributed by atoms with E-state index in [4.69, 9.17) is 10.2 Å². The van der Waals surface area contributed by atoms with Gasteiger partial charge in [0, 0.05) is 12.2 Å². The maximum absolute atomic E-state index is 10.5. The Morgan fingerprint density at radius 2 is 0.927 bits per heavy atom. The standard InChI is InChI=1S/2C8H17.2C7H10O5.Sn/c2*1-3-5-7-8-6-4-2;2*1-5(8)4-12-7(11)3-2-6(9)10;/h2*1,3-8H2,2H3;2*2-3,5,8H,4H2,1H3,(H,9,10);/q;;;;+2/p-2/b;;2*3-2-;. The number of esters is 2. The number of carbonyl (C=O) groups is 4. The molecule has 236 valence electrons. The summed E-state index contributed by atoms with van der Waals surface area (Å²) < 4.78 is 12.1. The van der Waals surface area contributed by atoms with Gasteiger partial charge < -0.3 is 39.5 Å². The molecule has 0 aliphatic carbocycles. The SMILES string of the molecule is CC(O)COC(=O)/C=C\C(=O)[O-].CC(O)COC(=O)/C=C\C(=O)[O-].CCCCCCC[CH2][Sn+2][CH2]CCCCCCC. The Bertz CT molecular complexity index is 647. The molecule has 0 aliphatic heterocycles. The number of ether oxygens (including phenoxy) is 2. The van der Waals surface area contributed by atoms with Gasteiger partial charge in [-0.15, -0.1) is 0 Å². The third kappa shape index (κ3) is 48.2. The van der Waals surface area contributed by atoms with Crippen molar-refractivity contribution < 1.29 is 49.1 Å². The number of unbranched alkanes of at least 4 members (excludes halogenated alkanes) is 10. The van der Waals surface area contributed by atoms with Crippen molar-refractivity contribution in [3.05, 3.63) is 24.3 Å². The van der Waals surface area contributed by atoms with E-state index in [1.54, 1.807) is 21.7 Å². The van der Waals surface area contributed by atoms with E-state index in [1.807, 2.05) is 0 Å². The summed E-state index contributed by atoms with van der Waals surface area (Å²) in [5.74, 6) is -4.58. The third-order valence-corrected chi connectivity index (χ3v) is 9.10. The Kier molecular flexibility index (Phi) is 36.4. The fourth-order valence-corrected chi connectivity index (χ4v) is 6.53. The second-order valence-corrected chi connectivity index (χ2v) is 13.8. The van der Waals surface area contributed by atoms with Crippen LogP contribution in [-0.2, 0) is 28.7 Å². The summed E-state index contributed by atoms with van der Waals surface area (Å²) in [6, 6.07) is 0. The molecule has 0 fully saturated rings. The van der Waals surface area contributed by atoms with Gasteiger partial charge in [-0.3, -0.25) is 0 Å². The van der Waals surface area contributed by atoms with Crippen LogP contribution in [-0.4, -0.2) is 80.7 Å². The van der Waals surface area contributed by atoms with Gasteiger partial charge in [0.2, 0.25) is 0 Å². The van der Waals surface area contributed by atoms with Crippen molar-refractivity contribution in [3.63, 3.8) is 0 Å². The van der Waals surface area contributed by atoms with Gasteiger partial charge in [0.15, 0.2) is 0 Å². The van der Waals surface area contributed by atoms with E-state index in [2.05, 4.69) is 23.3 Å². The summed E-state index contributed by atoms with van der Waals surface area (Å²) >= 11 is 0.0736. The Balaban J connectivity index is -0.000000542. The van der Waals surface area contributed by atoms with E-state index in [9.17, 15) is 29.4 Å². The van der Waals surface area contributed by atoms with Crippen molar-refractivity contribution in [1.82, 2.24) is 0 Å². The van der Waals surface area contributed by atoms with E-state index in [1.165, 1.54) is 78.1 Å². The Morgan fingerprint density at radius 1 is 0.610 bits per heavy atom. The molecule has 0 radical (unpaired) electrons. The molecule has 2 unspecified atom stereocenters. The van der Waals surface area contributed by atoms with Crippen molar-refractivity contribution in [1.29, 1.82) is 0 Å². The van der Waals surface area contributed by atoms with E-state index in [0.717, 1.165) is 12.2 Å². The van der Waals surface area contributed by atoms with E-state index >= 15 is 0 Å². The predicted molar refractivity (Wildman–Crippen MR) is 156 cm³/mol. The van der Waals surface area contributed by atoms with Crippen molar-refractivity contribution in [2.45, 2.75) is 126 Å². The Labute approximate surface area is 256 Å². The van der Waals surface area contributed by atoms with Crippen molar-refractivity contribution in [2.24, 2.45) is 0 Å². The molecule has 2 N–H and O–H groups in total. The first-order valence-electron chi connectivity index (χ1n) is 14.6. The summed E-state index contributed by atoms with van der Waals surface area (Å²) in [6.07, 6.45) is 18.9. The molecule has 0 aliphatic rings. The van der Waals surface area contributed by atoms with Crippen molar-refractivity contribution in [3.8, 4) is 0 Å². The molecular formula is C30H52O10Sn. The minimum absolute atomic E-state index is 0.0736. The van der Waals surface area contributed by atoms with Crippen LogP contribution in [0.2, 0.25) is 8.87 Å². The molecule has 0 saturated carbocycles. The number of aliphatic hydroxyl groups excluding tert-OH is 2. The van der Waals surface area contributed by atoms with Crippen LogP contribution in [0, 0.1) is 0 Å². The Morgan fingerprint density at radius 3 is 1.22 bits per heavy atom. The number of carboxylic acid groups (broad SMARTS) is 2. The quantitative estimate of drug-likeness (QED) is 0.0744. The van der Waals surface area contributed by atoms with Crippen LogP contribution < -0.4 is 10.2 Å². The van der Waals surface area contributed by atoms with Crippen LogP contribution in [0.15, 0.2) is 24.3 Å². The maximum atomic E-state index is 10.5. The zero-order chi connectivity index (χ0) is 31.7. The fraction of sp³-hybridized carbons (Fsp3) is 0.733. The average molecular weight is 691 g/mol. The van der Waals surface area contributed by atoms with Crippen molar-refractivity contribution in [2.75, 3.05) is 13.2 Å². The van der Waals surface area contributed by atoms with Crippen LogP contribution in [0.3, 0.4) is 0 Å². The molecule has 0 amide bonds. The first-order valence-corrected chi connectivity index (χ1v) is 18.7. The molecule has 0 aromatic heterocycles. The number of aliphatic hydroxyl groups is 2. The van der Waals surface area contributed by atoms with Crippen molar-refractivity contribution >= 4 is 45.0 Å². The number of hydrogen-bond acceptors (Lipinski definition) is 10. The first kappa shape index (κ1) is 43.5. The molecule has 11 heteroatoms. The number of hydrogen-bond donors (Lipinski definition) is 2. The average Bonchev–Trinajstić information content (AvgIpc) is 2.91. The van der Waals surface area contributed by atoms with E-state index in [-0.39, 0.29) is 34.4 Å². The van der Waals surface area contributed by atoms with E-state index < -0.39 is 36.1 Å². The topological polar surface area (TPSA) is 173 Å². The summed E-state index contributed by atoms with van der Waals surface area (Å²) in [7, 11) is 0. The van der Waals surface area contributed by atoms with Crippen LogP contribution >= 0.6 is 0 Å². The van der Waals surface area contributed by atoms with Gasteiger partial charge in [-0.05, 0) is 26.0 Å². The summed E-state index contributed by atoms with van der Waals surface area (Å²) in [5, 5.41) is 36.9.